The highest BCUT2D eigenvalue weighted by atomic mass is 16.6. The minimum absolute atomic E-state index is 0.0965. The first-order chi connectivity index (χ1) is 34.1. The van der Waals surface area contributed by atoms with E-state index in [-0.39, 0.29) is 25.6 Å². The first-order valence-corrected chi connectivity index (χ1v) is 30.0. The van der Waals surface area contributed by atoms with Gasteiger partial charge in [-0.1, -0.05) is 311 Å². The Morgan fingerprint density at radius 3 is 0.913 bits per heavy atom. The van der Waals surface area contributed by atoms with Crippen molar-refractivity contribution in [3.05, 3.63) is 72.9 Å². The summed E-state index contributed by atoms with van der Waals surface area (Å²) in [4.78, 5) is 24.5. The summed E-state index contributed by atoms with van der Waals surface area (Å²) in [7, 11) is 0. The number of hydrogen-bond donors (Lipinski definition) is 1. The number of carbonyl (C=O) groups excluding carboxylic acids is 2. The lowest BCUT2D eigenvalue weighted by Crippen LogP contribution is -2.28. The van der Waals surface area contributed by atoms with Crippen LogP contribution in [0.2, 0.25) is 0 Å². The molecule has 1 N–H and O–H groups in total. The molecule has 0 aliphatic heterocycles. The number of carbonyl (C=O) groups is 2. The molecule has 1 unspecified atom stereocenters. The Balaban J connectivity index is 3.45. The van der Waals surface area contributed by atoms with Crippen LogP contribution in [0.4, 0.5) is 0 Å². The van der Waals surface area contributed by atoms with E-state index in [9.17, 15) is 14.7 Å². The molecule has 0 fully saturated rings. The normalized spacial score (nSPS) is 12.7. The highest BCUT2D eigenvalue weighted by molar-refractivity contribution is 5.70. The summed E-state index contributed by atoms with van der Waals surface area (Å²) in [6.45, 7) is 4.00. The van der Waals surface area contributed by atoms with Crippen LogP contribution in [0.25, 0.3) is 0 Å². The molecular formula is C64H114O5. The van der Waals surface area contributed by atoms with Crippen LogP contribution < -0.4 is 0 Å². The summed E-state index contributed by atoms with van der Waals surface area (Å²) in [5, 5.41) is 9.63. The number of hydrogen-bond acceptors (Lipinski definition) is 5. The molecule has 5 heteroatoms. The summed E-state index contributed by atoms with van der Waals surface area (Å²) >= 11 is 0. The van der Waals surface area contributed by atoms with E-state index in [1.807, 2.05) is 12.2 Å². The zero-order chi connectivity index (χ0) is 49.9. The molecule has 0 aromatic rings. The smallest absolute Gasteiger partial charge is 0.306 e. The molecule has 0 aliphatic rings. The predicted molar refractivity (Wildman–Crippen MR) is 302 cm³/mol. The molecule has 0 aromatic heterocycles. The zero-order valence-electron chi connectivity index (χ0n) is 45.8. The van der Waals surface area contributed by atoms with E-state index in [1.165, 1.54) is 212 Å². The lowest BCUT2D eigenvalue weighted by Gasteiger charge is -2.15. The maximum absolute atomic E-state index is 12.2. The van der Waals surface area contributed by atoms with E-state index in [0.717, 1.165) is 57.8 Å². The fourth-order valence-corrected chi connectivity index (χ4v) is 8.82. The standard InChI is InChI=1S/C64H114O5/c1-3-5-7-9-11-13-15-17-19-21-23-24-25-26-27-28-29-30-31-32-33-34-35-36-37-38-39-41-42-44-46-48-50-52-54-56-58-63(66)68-61-62(60-65)69-64(67)59-57-55-53-51-49-47-45-43-40-22-20-18-16-14-12-10-8-6-4-2/h6,8,12,14,18,20,40,43,47,49,53,55,62,65H,3-5,7,9-11,13,15-17,19,21-39,41-42,44-46,48,50-52,54,56-61H2,1-2H3/b8-6-,14-12-,20-18-,43-40-,49-47-,55-53-. The van der Waals surface area contributed by atoms with E-state index >= 15 is 0 Å². The molecule has 0 saturated heterocycles. The first-order valence-electron chi connectivity index (χ1n) is 30.0. The van der Waals surface area contributed by atoms with E-state index < -0.39 is 12.1 Å². The highest BCUT2D eigenvalue weighted by Gasteiger charge is 2.16. The summed E-state index contributed by atoms with van der Waals surface area (Å²) in [6.07, 6.45) is 82.1. The van der Waals surface area contributed by atoms with Crippen molar-refractivity contribution in [3.8, 4) is 0 Å². The summed E-state index contributed by atoms with van der Waals surface area (Å²) in [6, 6.07) is 0. The second-order valence-electron chi connectivity index (χ2n) is 20.1. The molecule has 69 heavy (non-hydrogen) atoms. The third-order valence-corrected chi connectivity index (χ3v) is 13.3. The summed E-state index contributed by atoms with van der Waals surface area (Å²) in [5.74, 6) is -0.681. The molecule has 0 amide bonds. The van der Waals surface area contributed by atoms with Gasteiger partial charge in [0.25, 0.3) is 0 Å². The van der Waals surface area contributed by atoms with Crippen molar-refractivity contribution in [1.29, 1.82) is 0 Å². The largest absolute Gasteiger partial charge is 0.462 e. The van der Waals surface area contributed by atoms with Gasteiger partial charge in [0.1, 0.15) is 6.61 Å². The van der Waals surface area contributed by atoms with Gasteiger partial charge in [-0.05, 0) is 51.4 Å². The fourth-order valence-electron chi connectivity index (χ4n) is 8.82. The quantitative estimate of drug-likeness (QED) is 0.0374. The molecule has 0 heterocycles. The average molecular weight is 964 g/mol. The average Bonchev–Trinajstić information content (AvgIpc) is 3.35. The molecule has 0 aliphatic carbocycles. The minimum atomic E-state index is -0.815. The fraction of sp³-hybridized carbons (Fsp3) is 0.781. The third-order valence-electron chi connectivity index (χ3n) is 13.3. The Hall–Kier alpha value is -2.66. The van der Waals surface area contributed by atoms with Crippen molar-refractivity contribution in [2.75, 3.05) is 13.2 Å². The van der Waals surface area contributed by atoms with Gasteiger partial charge in [-0.3, -0.25) is 9.59 Å². The van der Waals surface area contributed by atoms with Crippen molar-refractivity contribution >= 4 is 11.9 Å². The number of aliphatic hydroxyl groups is 1. The summed E-state index contributed by atoms with van der Waals surface area (Å²) in [5.41, 5.74) is 0. The molecule has 1 atom stereocenters. The van der Waals surface area contributed by atoms with Crippen LogP contribution in [0.3, 0.4) is 0 Å². The van der Waals surface area contributed by atoms with Crippen molar-refractivity contribution in [1.82, 2.24) is 0 Å². The number of ether oxygens (including phenoxy) is 2. The van der Waals surface area contributed by atoms with Gasteiger partial charge in [0, 0.05) is 12.8 Å². The van der Waals surface area contributed by atoms with E-state index in [2.05, 4.69) is 74.6 Å². The van der Waals surface area contributed by atoms with Gasteiger partial charge in [0.15, 0.2) is 6.10 Å². The SMILES string of the molecule is CC/C=C\C/C=C\C/C=C\C/C=C\C/C=C\C/C=C\CCC(=O)OC(CO)COC(=O)CCCCCCCCCCCCCCCCCCCCCCCCCCCCCCCCCCCCCC. The van der Waals surface area contributed by atoms with E-state index in [1.54, 1.807) is 0 Å². The van der Waals surface area contributed by atoms with Crippen LogP contribution in [0.5, 0.6) is 0 Å². The number of aliphatic hydroxyl groups excluding tert-OH is 1. The number of allylic oxidation sites excluding steroid dienone is 12. The Morgan fingerprint density at radius 2 is 0.623 bits per heavy atom. The highest BCUT2D eigenvalue weighted by Crippen LogP contribution is 2.18. The summed E-state index contributed by atoms with van der Waals surface area (Å²) < 4.78 is 10.6. The minimum Gasteiger partial charge on any atom is -0.462 e. The molecule has 0 radical (unpaired) electrons. The Kier molecular flexibility index (Phi) is 57.3. The van der Waals surface area contributed by atoms with Gasteiger partial charge in [0.05, 0.1) is 6.61 Å². The van der Waals surface area contributed by atoms with Crippen molar-refractivity contribution < 1.29 is 24.2 Å². The van der Waals surface area contributed by atoms with Gasteiger partial charge < -0.3 is 14.6 Å². The predicted octanol–water partition coefficient (Wildman–Crippen LogP) is 20.4. The van der Waals surface area contributed by atoms with Gasteiger partial charge in [-0.15, -0.1) is 0 Å². The zero-order valence-corrected chi connectivity index (χ0v) is 45.8. The molecule has 5 nitrogen and oxygen atoms in total. The Labute approximate surface area is 429 Å². The van der Waals surface area contributed by atoms with Crippen LogP contribution in [0.15, 0.2) is 72.9 Å². The molecule has 0 saturated carbocycles. The Bertz CT molecular complexity index is 1230. The molecule has 0 rings (SSSR count). The van der Waals surface area contributed by atoms with Crippen LogP contribution in [-0.2, 0) is 19.1 Å². The van der Waals surface area contributed by atoms with E-state index in [0.29, 0.717) is 12.8 Å². The van der Waals surface area contributed by atoms with Crippen LogP contribution in [0.1, 0.15) is 303 Å². The molecule has 0 aromatic carbocycles. The monoisotopic (exact) mass is 963 g/mol. The number of unbranched alkanes of at least 4 members (excludes halogenated alkanes) is 35. The molecule has 400 valence electrons. The topological polar surface area (TPSA) is 72.8 Å². The lowest BCUT2D eigenvalue weighted by molar-refractivity contribution is -0.161. The van der Waals surface area contributed by atoms with Crippen LogP contribution in [-0.4, -0.2) is 36.4 Å². The van der Waals surface area contributed by atoms with Gasteiger partial charge in [0.2, 0.25) is 0 Å². The van der Waals surface area contributed by atoms with Crippen molar-refractivity contribution in [2.24, 2.45) is 0 Å². The second kappa shape index (κ2) is 59.6. The van der Waals surface area contributed by atoms with E-state index in [4.69, 9.17) is 9.47 Å². The Morgan fingerprint density at radius 1 is 0.348 bits per heavy atom. The van der Waals surface area contributed by atoms with Gasteiger partial charge in [-0.25, -0.2) is 0 Å². The third kappa shape index (κ3) is 57.8. The van der Waals surface area contributed by atoms with Crippen LogP contribution >= 0.6 is 0 Å². The van der Waals surface area contributed by atoms with Gasteiger partial charge in [-0.2, -0.15) is 0 Å². The molecule has 0 spiro atoms. The van der Waals surface area contributed by atoms with Crippen molar-refractivity contribution in [2.45, 2.75) is 309 Å². The molecular weight excluding hydrogens is 849 g/mol. The van der Waals surface area contributed by atoms with Crippen LogP contribution in [0, 0.1) is 0 Å². The first kappa shape index (κ1) is 66.3. The second-order valence-corrected chi connectivity index (χ2v) is 20.1. The maximum Gasteiger partial charge on any atom is 0.306 e. The lowest BCUT2D eigenvalue weighted by atomic mass is 10.0. The number of esters is 2. The maximum atomic E-state index is 12.2. The number of rotatable bonds is 55. The molecule has 0 bridgehead atoms. The van der Waals surface area contributed by atoms with Crippen molar-refractivity contribution in [3.63, 3.8) is 0 Å². The van der Waals surface area contributed by atoms with Gasteiger partial charge >= 0.3 is 11.9 Å².